The number of aromatic nitrogens is 5. The third kappa shape index (κ3) is 3.96. The fourth-order valence-electron chi connectivity index (χ4n) is 3.21. The van der Waals surface area contributed by atoms with Crippen LogP contribution < -0.4 is 5.32 Å². The van der Waals surface area contributed by atoms with Crippen LogP contribution in [0.1, 0.15) is 59.1 Å². The van der Waals surface area contributed by atoms with E-state index in [1.54, 1.807) is 10.9 Å². The van der Waals surface area contributed by atoms with E-state index in [-0.39, 0.29) is 11.6 Å². The Morgan fingerprint density at radius 3 is 2.73 bits per heavy atom. The zero-order valence-electron chi connectivity index (χ0n) is 14.3. The lowest BCUT2D eigenvalue weighted by Gasteiger charge is -2.18. The summed E-state index contributed by atoms with van der Waals surface area (Å²) in [5.41, 5.74) is 1.38. The maximum Gasteiger partial charge on any atom is 0.279 e. The van der Waals surface area contributed by atoms with Crippen LogP contribution >= 0.6 is 11.3 Å². The van der Waals surface area contributed by atoms with E-state index in [4.69, 9.17) is 0 Å². The van der Waals surface area contributed by atoms with Crippen molar-refractivity contribution in [3.63, 3.8) is 0 Å². The van der Waals surface area contributed by atoms with Crippen molar-refractivity contribution in [2.75, 3.05) is 5.32 Å². The van der Waals surface area contributed by atoms with E-state index in [0.717, 1.165) is 23.4 Å². The second-order valence-electron chi connectivity index (χ2n) is 6.52. The Hall–Kier alpha value is -2.61. The standard InChI is InChI=1S/C18H20N6OS/c25-16(15-12-24(23-20-15)11-13-7-3-1-4-8-13)19-18-22-21-17(26-18)14-9-5-2-6-10-14/h1,3-4,7-8,12,14H,2,5-6,9-11H2,(H,19,22,25). The van der Waals surface area contributed by atoms with E-state index in [0.29, 0.717) is 17.6 Å². The van der Waals surface area contributed by atoms with Gasteiger partial charge in [-0.2, -0.15) is 0 Å². The van der Waals surface area contributed by atoms with Crippen LogP contribution in [0.15, 0.2) is 36.5 Å². The van der Waals surface area contributed by atoms with Gasteiger partial charge >= 0.3 is 0 Å². The van der Waals surface area contributed by atoms with Crippen LogP contribution in [0.2, 0.25) is 0 Å². The van der Waals surface area contributed by atoms with Gasteiger partial charge in [0.15, 0.2) is 5.69 Å². The van der Waals surface area contributed by atoms with Gasteiger partial charge in [-0.1, -0.05) is 66.1 Å². The predicted octanol–water partition coefficient (Wildman–Crippen LogP) is 3.48. The Morgan fingerprint density at radius 2 is 1.92 bits per heavy atom. The maximum absolute atomic E-state index is 12.4. The topological polar surface area (TPSA) is 85.6 Å². The molecule has 3 aromatic rings. The predicted molar refractivity (Wildman–Crippen MR) is 99.3 cm³/mol. The van der Waals surface area contributed by atoms with E-state index in [1.807, 2.05) is 30.3 Å². The van der Waals surface area contributed by atoms with Crippen LogP contribution in [0, 0.1) is 0 Å². The van der Waals surface area contributed by atoms with Crippen molar-refractivity contribution >= 4 is 22.4 Å². The quantitative estimate of drug-likeness (QED) is 0.745. The number of amides is 1. The first-order valence-electron chi connectivity index (χ1n) is 8.87. The molecule has 26 heavy (non-hydrogen) atoms. The molecule has 0 atom stereocenters. The molecule has 4 rings (SSSR count). The molecule has 1 saturated carbocycles. The maximum atomic E-state index is 12.4. The molecule has 0 aliphatic heterocycles. The molecule has 7 nitrogen and oxygen atoms in total. The van der Waals surface area contributed by atoms with Gasteiger partial charge in [-0.25, -0.2) is 4.68 Å². The summed E-state index contributed by atoms with van der Waals surface area (Å²) in [7, 11) is 0. The molecule has 0 unspecified atom stereocenters. The highest BCUT2D eigenvalue weighted by Crippen LogP contribution is 2.35. The highest BCUT2D eigenvalue weighted by molar-refractivity contribution is 7.15. The molecule has 1 N–H and O–H groups in total. The van der Waals surface area contributed by atoms with E-state index >= 15 is 0 Å². The molecule has 0 bridgehead atoms. The lowest BCUT2D eigenvalue weighted by Crippen LogP contribution is -2.12. The Labute approximate surface area is 155 Å². The first-order chi connectivity index (χ1) is 12.8. The van der Waals surface area contributed by atoms with Gasteiger partial charge in [-0.15, -0.1) is 15.3 Å². The van der Waals surface area contributed by atoms with Crippen molar-refractivity contribution in [2.24, 2.45) is 0 Å². The number of hydrogen-bond acceptors (Lipinski definition) is 6. The molecule has 1 aliphatic rings. The van der Waals surface area contributed by atoms with Crippen molar-refractivity contribution < 1.29 is 4.79 Å². The first-order valence-corrected chi connectivity index (χ1v) is 9.68. The Kier molecular flexibility index (Phi) is 5.01. The third-order valence-corrected chi connectivity index (χ3v) is 5.58. The molecule has 0 radical (unpaired) electrons. The zero-order chi connectivity index (χ0) is 17.8. The molecule has 0 spiro atoms. The van der Waals surface area contributed by atoms with Crippen molar-refractivity contribution in [3.05, 3.63) is 52.8 Å². The number of hydrogen-bond donors (Lipinski definition) is 1. The normalized spacial score (nSPS) is 15.1. The van der Waals surface area contributed by atoms with Crippen LogP contribution in [0.25, 0.3) is 0 Å². The number of carbonyl (C=O) groups excluding carboxylic acids is 1. The van der Waals surface area contributed by atoms with Gasteiger partial charge < -0.3 is 0 Å². The lowest BCUT2D eigenvalue weighted by atomic mass is 9.90. The minimum atomic E-state index is -0.310. The summed E-state index contributed by atoms with van der Waals surface area (Å²) >= 11 is 1.46. The minimum absolute atomic E-state index is 0.273. The molecular formula is C18H20N6OS. The fraction of sp³-hybridized carbons (Fsp3) is 0.389. The van der Waals surface area contributed by atoms with E-state index in [1.165, 1.54) is 30.6 Å². The van der Waals surface area contributed by atoms with Gasteiger partial charge in [0, 0.05) is 5.92 Å². The molecule has 2 heterocycles. The molecule has 134 valence electrons. The zero-order valence-corrected chi connectivity index (χ0v) is 15.2. The average molecular weight is 368 g/mol. The van der Waals surface area contributed by atoms with Crippen LogP contribution in [-0.4, -0.2) is 31.1 Å². The van der Waals surface area contributed by atoms with Crippen LogP contribution in [0.3, 0.4) is 0 Å². The van der Waals surface area contributed by atoms with Crippen molar-refractivity contribution in [1.82, 2.24) is 25.2 Å². The largest absolute Gasteiger partial charge is 0.295 e. The van der Waals surface area contributed by atoms with E-state index in [2.05, 4.69) is 25.8 Å². The number of anilines is 1. The Bertz CT molecular complexity index is 869. The number of benzene rings is 1. The summed E-state index contributed by atoms with van der Waals surface area (Å²) in [5.74, 6) is 0.175. The monoisotopic (exact) mass is 368 g/mol. The summed E-state index contributed by atoms with van der Waals surface area (Å²) in [5, 5.41) is 20.7. The third-order valence-electron chi connectivity index (χ3n) is 4.57. The summed E-state index contributed by atoms with van der Waals surface area (Å²) in [4.78, 5) is 12.4. The van der Waals surface area contributed by atoms with Gasteiger partial charge in [0.1, 0.15) is 5.01 Å². The summed E-state index contributed by atoms with van der Waals surface area (Å²) < 4.78 is 1.65. The van der Waals surface area contributed by atoms with Crippen molar-refractivity contribution in [2.45, 2.75) is 44.6 Å². The van der Waals surface area contributed by atoms with Crippen molar-refractivity contribution in [1.29, 1.82) is 0 Å². The second-order valence-corrected chi connectivity index (χ2v) is 7.53. The first kappa shape index (κ1) is 16.8. The van der Waals surface area contributed by atoms with E-state index < -0.39 is 0 Å². The average Bonchev–Trinajstić information content (AvgIpc) is 3.33. The van der Waals surface area contributed by atoms with Gasteiger partial charge in [-0.3, -0.25) is 10.1 Å². The summed E-state index contributed by atoms with van der Waals surface area (Å²) in [6, 6.07) is 9.93. The SMILES string of the molecule is O=C(Nc1nnc(C2CCCCC2)s1)c1cn(Cc2ccccc2)nn1. The number of nitrogens with one attached hydrogen (secondary N) is 1. The van der Waals surface area contributed by atoms with Crippen LogP contribution in [0.4, 0.5) is 5.13 Å². The number of rotatable bonds is 5. The van der Waals surface area contributed by atoms with Gasteiger partial charge in [0.25, 0.3) is 5.91 Å². The minimum Gasteiger partial charge on any atom is -0.295 e. The molecule has 8 heteroatoms. The van der Waals surface area contributed by atoms with Crippen molar-refractivity contribution in [3.8, 4) is 0 Å². The van der Waals surface area contributed by atoms with Gasteiger partial charge in [0.05, 0.1) is 12.7 Å². The van der Waals surface area contributed by atoms with Gasteiger partial charge in [-0.05, 0) is 18.4 Å². The van der Waals surface area contributed by atoms with E-state index in [9.17, 15) is 4.79 Å². The molecule has 2 aromatic heterocycles. The number of nitrogens with zero attached hydrogens (tertiary/aromatic N) is 5. The fourth-order valence-corrected chi connectivity index (χ4v) is 4.12. The molecule has 1 fully saturated rings. The molecule has 1 aliphatic carbocycles. The smallest absolute Gasteiger partial charge is 0.279 e. The lowest BCUT2D eigenvalue weighted by molar-refractivity contribution is 0.102. The highest BCUT2D eigenvalue weighted by Gasteiger charge is 2.21. The van der Waals surface area contributed by atoms with Gasteiger partial charge in [0.2, 0.25) is 5.13 Å². The Morgan fingerprint density at radius 1 is 1.12 bits per heavy atom. The van der Waals surface area contributed by atoms with Crippen LogP contribution in [0.5, 0.6) is 0 Å². The molecule has 1 amide bonds. The second kappa shape index (κ2) is 7.74. The molecule has 0 saturated heterocycles. The number of carbonyl (C=O) groups is 1. The summed E-state index contributed by atoms with van der Waals surface area (Å²) in [6.07, 6.45) is 7.77. The highest BCUT2D eigenvalue weighted by atomic mass is 32.1. The molecular weight excluding hydrogens is 348 g/mol. The van der Waals surface area contributed by atoms with Crippen LogP contribution in [-0.2, 0) is 6.54 Å². The Balaban J connectivity index is 1.38. The molecule has 1 aromatic carbocycles. The summed E-state index contributed by atoms with van der Waals surface area (Å²) in [6.45, 7) is 0.575.